The van der Waals surface area contributed by atoms with Crippen molar-refractivity contribution in [3.8, 4) is 0 Å². The molecule has 2 heterocycles. The number of carbonyl (C=O) groups excluding carboxylic acids is 2. The van der Waals surface area contributed by atoms with Crippen molar-refractivity contribution in [1.29, 1.82) is 0 Å². The number of hydrogen-bond donors (Lipinski definition) is 0. The molecule has 0 saturated carbocycles. The lowest BCUT2D eigenvalue weighted by molar-refractivity contribution is -0.145. The van der Waals surface area contributed by atoms with Crippen molar-refractivity contribution >= 4 is 12.1 Å². The van der Waals surface area contributed by atoms with Gasteiger partial charge in [-0.2, -0.15) is 0 Å². The molecular formula is C14H24N2O4. The van der Waals surface area contributed by atoms with Crippen LogP contribution in [0.1, 0.15) is 33.6 Å². The lowest BCUT2D eigenvalue weighted by atomic mass is 10.1. The van der Waals surface area contributed by atoms with Crippen LogP contribution in [-0.4, -0.2) is 66.3 Å². The van der Waals surface area contributed by atoms with Crippen LogP contribution in [0.3, 0.4) is 0 Å². The van der Waals surface area contributed by atoms with Gasteiger partial charge in [0.25, 0.3) is 0 Å². The molecule has 2 aliphatic heterocycles. The van der Waals surface area contributed by atoms with Gasteiger partial charge in [0.2, 0.25) is 0 Å². The topological polar surface area (TPSA) is 59.1 Å². The van der Waals surface area contributed by atoms with E-state index in [0.717, 1.165) is 13.1 Å². The van der Waals surface area contributed by atoms with E-state index in [1.165, 1.54) is 18.4 Å². The number of esters is 1. The number of amides is 1. The first-order valence-corrected chi connectivity index (χ1v) is 7.13. The maximum atomic E-state index is 12.2. The highest BCUT2D eigenvalue weighted by Gasteiger charge is 2.44. The lowest BCUT2D eigenvalue weighted by Gasteiger charge is -2.36. The van der Waals surface area contributed by atoms with Gasteiger partial charge in [0.05, 0.1) is 7.11 Å². The molecule has 1 amide bonds. The van der Waals surface area contributed by atoms with Crippen molar-refractivity contribution in [2.75, 3.05) is 26.7 Å². The number of nitrogens with zero attached hydrogens (tertiary/aromatic N) is 2. The molecule has 0 aromatic heterocycles. The third-order valence-electron chi connectivity index (χ3n) is 3.79. The SMILES string of the molecule is COC(=O)[C@@H]1C[C@@H](N2CCC2)CN1C(=O)OC(C)(C)C. The first-order valence-electron chi connectivity index (χ1n) is 7.13. The smallest absolute Gasteiger partial charge is 0.411 e. The van der Waals surface area contributed by atoms with Crippen LogP contribution in [0.2, 0.25) is 0 Å². The highest BCUT2D eigenvalue weighted by molar-refractivity contribution is 5.82. The van der Waals surface area contributed by atoms with Gasteiger partial charge in [-0.1, -0.05) is 0 Å². The van der Waals surface area contributed by atoms with Crippen molar-refractivity contribution in [2.45, 2.75) is 51.3 Å². The molecule has 0 N–H and O–H groups in total. The van der Waals surface area contributed by atoms with E-state index in [4.69, 9.17) is 9.47 Å². The van der Waals surface area contributed by atoms with E-state index in [1.807, 2.05) is 20.8 Å². The van der Waals surface area contributed by atoms with E-state index in [9.17, 15) is 9.59 Å². The quantitative estimate of drug-likeness (QED) is 0.714. The van der Waals surface area contributed by atoms with E-state index in [1.54, 1.807) is 0 Å². The molecule has 2 fully saturated rings. The molecule has 6 heteroatoms. The summed E-state index contributed by atoms with van der Waals surface area (Å²) in [7, 11) is 1.35. The molecule has 114 valence electrons. The maximum absolute atomic E-state index is 12.2. The molecule has 0 radical (unpaired) electrons. The molecule has 2 aliphatic rings. The average Bonchev–Trinajstić information content (AvgIpc) is 2.68. The Balaban J connectivity index is 2.06. The number of likely N-dealkylation sites (tertiary alicyclic amines) is 2. The normalized spacial score (nSPS) is 27.1. The molecule has 0 spiro atoms. The minimum absolute atomic E-state index is 0.236. The zero-order chi connectivity index (χ0) is 14.9. The molecule has 0 aliphatic carbocycles. The van der Waals surface area contributed by atoms with Gasteiger partial charge in [-0.3, -0.25) is 9.80 Å². The molecule has 0 unspecified atom stereocenters. The molecule has 6 nitrogen and oxygen atoms in total. The summed E-state index contributed by atoms with van der Waals surface area (Å²) in [5.41, 5.74) is -0.563. The van der Waals surface area contributed by atoms with Crippen molar-refractivity contribution < 1.29 is 19.1 Å². The molecule has 2 saturated heterocycles. The molecule has 2 atom stereocenters. The Kier molecular flexibility index (Phi) is 4.22. The Hall–Kier alpha value is -1.30. The summed E-state index contributed by atoms with van der Waals surface area (Å²) >= 11 is 0. The number of rotatable bonds is 2. The number of hydrogen-bond acceptors (Lipinski definition) is 5. The van der Waals surface area contributed by atoms with Gasteiger partial charge in [-0.15, -0.1) is 0 Å². The fraction of sp³-hybridized carbons (Fsp3) is 0.857. The van der Waals surface area contributed by atoms with Gasteiger partial charge in [0.1, 0.15) is 11.6 Å². The van der Waals surface area contributed by atoms with Gasteiger partial charge in [-0.25, -0.2) is 9.59 Å². The van der Waals surface area contributed by atoms with Crippen LogP contribution in [0, 0.1) is 0 Å². The predicted octanol–water partition coefficient (Wildman–Crippen LogP) is 1.24. The fourth-order valence-corrected chi connectivity index (χ4v) is 2.67. The van der Waals surface area contributed by atoms with Crippen molar-refractivity contribution in [1.82, 2.24) is 9.80 Å². The van der Waals surface area contributed by atoms with Gasteiger partial charge >= 0.3 is 12.1 Å². The lowest BCUT2D eigenvalue weighted by Crippen LogP contribution is -2.47. The minimum Gasteiger partial charge on any atom is -0.467 e. The summed E-state index contributed by atoms with van der Waals surface area (Å²) < 4.78 is 10.2. The number of methoxy groups -OCH3 is 1. The van der Waals surface area contributed by atoms with E-state index in [-0.39, 0.29) is 12.0 Å². The Morgan fingerprint density at radius 1 is 1.20 bits per heavy atom. The molecule has 0 aromatic rings. The van der Waals surface area contributed by atoms with E-state index >= 15 is 0 Å². The summed E-state index contributed by atoms with van der Waals surface area (Å²) in [4.78, 5) is 27.9. The molecule has 0 bridgehead atoms. The standard InChI is InChI=1S/C14H24N2O4/c1-14(2,3)20-13(18)16-9-10(15-6-5-7-15)8-11(16)12(17)19-4/h10-11H,5-9H2,1-4H3/t10-,11+/m1/s1. The second-order valence-corrected chi connectivity index (χ2v) is 6.45. The average molecular weight is 284 g/mol. The summed E-state index contributed by atoms with van der Waals surface area (Å²) in [5, 5.41) is 0. The number of carbonyl (C=O) groups is 2. The highest BCUT2D eigenvalue weighted by atomic mass is 16.6. The summed E-state index contributed by atoms with van der Waals surface area (Å²) in [6.07, 6.45) is 1.38. The van der Waals surface area contributed by atoms with Crippen LogP contribution in [0.15, 0.2) is 0 Å². The van der Waals surface area contributed by atoms with Crippen LogP contribution in [-0.2, 0) is 14.3 Å². The number of ether oxygens (including phenoxy) is 2. The van der Waals surface area contributed by atoms with Crippen molar-refractivity contribution in [3.05, 3.63) is 0 Å². The van der Waals surface area contributed by atoms with Gasteiger partial charge in [0.15, 0.2) is 0 Å². The first-order chi connectivity index (χ1) is 9.31. The van der Waals surface area contributed by atoms with Gasteiger partial charge < -0.3 is 9.47 Å². The fourth-order valence-electron chi connectivity index (χ4n) is 2.67. The Bertz CT molecular complexity index is 387. The maximum Gasteiger partial charge on any atom is 0.411 e. The second kappa shape index (κ2) is 5.60. The van der Waals surface area contributed by atoms with E-state index in [0.29, 0.717) is 13.0 Å². The third kappa shape index (κ3) is 3.23. The van der Waals surface area contributed by atoms with Crippen molar-refractivity contribution in [3.63, 3.8) is 0 Å². The predicted molar refractivity (Wildman–Crippen MR) is 73.3 cm³/mol. The van der Waals surface area contributed by atoms with Crippen LogP contribution >= 0.6 is 0 Å². The van der Waals surface area contributed by atoms with E-state index in [2.05, 4.69) is 4.90 Å². The van der Waals surface area contributed by atoms with Gasteiger partial charge in [-0.05, 0) is 46.7 Å². The first kappa shape index (κ1) is 15.1. The largest absolute Gasteiger partial charge is 0.467 e. The minimum atomic E-state index is -0.563. The Labute approximate surface area is 120 Å². The molecule has 0 aromatic carbocycles. The van der Waals surface area contributed by atoms with Crippen LogP contribution in [0.25, 0.3) is 0 Å². The highest BCUT2D eigenvalue weighted by Crippen LogP contribution is 2.27. The van der Waals surface area contributed by atoms with Crippen LogP contribution in [0.4, 0.5) is 4.79 Å². The molecule has 20 heavy (non-hydrogen) atoms. The summed E-state index contributed by atoms with van der Waals surface area (Å²) in [5.74, 6) is -0.362. The van der Waals surface area contributed by atoms with E-state index < -0.39 is 17.7 Å². The van der Waals surface area contributed by atoms with Crippen LogP contribution < -0.4 is 0 Å². The second-order valence-electron chi connectivity index (χ2n) is 6.45. The molecule has 2 rings (SSSR count). The summed E-state index contributed by atoms with van der Waals surface area (Å²) in [6.45, 7) is 8.08. The van der Waals surface area contributed by atoms with Crippen LogP contribution in [0.5, 0.6) is 0 Å². The monoisotopic (exact) mass is 284 g/mol. The Morgan fingerprint density at radius 2 is 1.85 bits per heavy atom. The molecular weight excluding hydrogens is 260 g/mol. The van der Waals surface area contributed by atoms with Gasteiger partial charge in [0, 0.05) is 12.6 Å². The Morgan fingerprint density at radius 3 is 2.30 bits per heavy atom. The van der Waals surface area contributed by atoms with Crippen molar-refractivity contribution in [2.24, 2.45) is 0 Å². The zero-order valence-corrected chi connectivity index (χ0v) is 12.7. The summed E-state index contributed by atoms with van der Waals surface area (Å²) in [6, 6.07) is -0.291. The third-order valence-corrected chi connectivity index (χ3v) is 3.79. The zero-order valence-electron chi connectivity index (χ0n) is 12.7.